The molecule has 6 nitrogen and oxygen atoms in total. The molecule has 2 aromatic rings. The van der Waals surface area contributed by atoms with Crippen LogP contribution < -0.4 is 10.1 Å². The summed E-state index contributed by atoms with van der Waals surface area (Å²) in [4.78, 5) is 25.2. The van der Waals surface area contributed by atoms with Crippen molar-refractivity contribution in [2.45, 2.75) is 45.4 Å². The molecule has 1 aromatic carbocycles. The third-order valence-corrected chi connectivity index (χ3v) is 6.01. The van der Waals surface area contributed by atoms with Crippen molar-refractivity contribution in [1.82, 2.24) is 0 Å². The van der Waals surface area contributed by atoms with E-state index in [1.165, 1.54) is 16.9 Å². The molecule has 0 spiro atoms. The van der Waals surface area contributed by atoms with Gasteiger partial charge in [-0.15, -0.1) is 11.3 Å². The Morgan fingerprint density at radius 1 is 1.17 bits per heavy atom. The molecule has 0 fully saturated rings. The highest BCUT2D eigenvalue weighted by Gasteiger charge is 2.22. The van der Waals surface area contributed by atoms with E-state index in [-0.39, 0.29) is 6.61 Å². The number of hydrogen-bond donors (Lipinski definition) is 1. The lowest BCUT2D eigenvalue weighted by molar-refractivity contribution is -0.149. The molecule has 29 heavy (non-hydrogen) atoms. The second kappa shape index (κ2) is 9.57. The summed E-state index contributed by atoms with van der Waals surface area (Å²) in [5, 5.41) is 12.7. The molecule has 0 aliphatic heterocycles. The van der Waals surface area contributed by atoms with E-state index in [2.05, 4.69) is 25.2 Å². The molecule has 7 heteroatoms. The predicted octanol–water partition coefficient (Wildman–Crippen LogP) is 4.18. The fourth-order valence-corrected chi connectivity index (χ4v) is 4.47. The van der Waals surface area contributed by atoms with E-state index in [9.17, 15) is 14.9 Å². The monoisotopic (exact) mass is 412 g/mol. The van der Waals surface area contributed by atoms with E-state index in [1.54, 1.807) is 12.1 Å². The van der Waals surface area contributed by atoms with E-state index in [0.717, 1.165) is 36.1 Å². The van der Waals surface area contributed by atoms with Crippen LogP contribution in [0.3, 0.4) is 0 Å². The van der Waals surface area contributed by atoms with Gasteiger partial charge in [-0.25, -0.2) is 4.79 Å². The number of nitrogens with zero attached hydrogens (tertiary/aromatic N) is 1. The number of thiophene rings is 1. The Labute approximate surface area is 174 Å². The van der Waals surface area contributed by atoms with Crippen LogP contribution in [0.5, 0.6) is 5.75 Å². The largest absolute Gasteiger partial charge is 0.482 e. The molecule has 0 saturated carbocycles. The number of rotatable bonds is 7. The molecule has 152 valence electrons. The molecule has 1 aliphatic carbocycles. The normalized spacial score (nSPS) is 12.8. The summed E-state index contributed by atoms with van der Waals surface area (Å²) in [6.45, 7) is 3.51. The fraction of sp³-hybridized carbons (Fsp3) is 0.409. The lowest BCUT2D eigenvalue weighted by atomic mass is 9.96. The lowest BCUT2D eigenvalue weighted by Crippen LogP contribution is -2.23. The molecule has 1 heterocycles. The van der Waals surface area contributed by atoms with Crippen LogP contribution in [-0.2, 0) is 27.2 Å². The molecule has 0 atom stereocenters. The van der Waals surface area contributed by atoms with E-state index < -0.39 is 18.5 Å². The fourth-order valence-electron chi connectivity index (χ4n) is 3.21. The van der Waals surface area contributed by atoms with Gasteiger partial charge in [-0.05, 0) is 54.9 Å². The van der Waals surface area contributed by atoms with Crippen molar-refractivity contribution in [2.75, 3.05) is 18.5 Å². The van der Waals surface area contributed by atoms with Gasteiger partial charge in [0, 0.05) is 4.88 Å². The number of nitrogens with one attached hydrogen (secondary N) is 1. The van der Waals surface area contributed by atoms with Crippen molar-refractivity contribution in [2.24, 2.45) is 0 Å². The van der Waals surface area contributed by atoms with Crippen LogP contribution in [0.4, 0.5) is 5.00 Å². The van der Waals surface area contributed by atoms with Gasteiger partial charge in [-0.1, -0.05) is 26.0 Å². The highest BCUT2D eigenvalue weighted by atomic mass is 32.1. The molecule has 3 rings (SSSR count). The van der Waals surface area contributed by atoms with E-state index in [1.807, 2.05) is 12.1 Å². The second-order valence-corrected chi connectivity index (χ2v) is 8.35. The number of hydrogen-bond acceptors (Lipinski definition) is 6. The Kier molecular flexibility index (Phi) is 6.89. The summed E-state index contributed by atoms with van der Waals surface area (Å²) in [6.07, 6.45) is 3.97. The smallest absolute Gasteiger partial charge is 0.344 e. The maximum absolute atomic E-state index is 12.1. The minimum Gasteiger partial charge on any atom is -0.482 e. The zero-order valence-corrected chi connectivity index (χ0v) is 17.4. The average molecular weight is 413 g/mol. The van der Waals surface area contributed by atoms with E-state index in [4.69, 9.17) is 9.47 Å². The van der Waals surface area contributed by atoms with E-state index in [0.29, 0.717) is 22.2 Å². The van der Waals surface area contributed by atoms with Crippen LogP contribution >= 0.6 is 11.3 Å². The van der Waals surface area contributed by atoms with Gasteiger partial charge in [-0.3, -0.25) is 4.79 Å². The van der Waals surface area contributed by atoms with Gasteiger partial charge in [0.25, 0.3) is 5.91 Å². The molecule has 1 aliphatic rings. The first kappa shape index (κ1) is 20.9. The van der Waals surface area contributed by atoms with Crippen molar-refractivity contribution in [3.05, 3.63) is 45.8 Å². The molecule has 0 saturated heterocycles. The topological polar surface area (TPSA) is 88.4 Å². The van der Waals surface area contributed by atoms with E-state index >= 15 is 0 Å². The van der Waals surface area contributed by atoms with Crippen LogP contribution in [0.25, 0.3) is 0 Å². The minimum absolute atomic E-state index is 0.273. The lowest BCUT2D eigenvalue weighted by Gasteiger charge is -2.09. The number of aryl methyl sites for hydroxylation is 1. The van der Waals surface area contributed by atoms with Gasteiger partial charge < -0.3 is 14.8 Å². The Bertz CT molecular complexity index is 926. The standard InChI is InChI=1S/C22H24N2O4S/c1-14(2)15-7-9-16(10-8-15)27-13-21(26)28-12-20(25)24-22-18(11-23)17-5-3-4-6-19(17)29-22/h7-10,14H,3-6,12-13H2,1-2H3,(H,24,25). The highest BCUT2D eigenvalue weighted by Crippen LogP contribution is 2.37. The first-order valence-electron chi connectivity index (χ1n) is 9.70. The SMILES string of the molecule is CC(C)c1ccc(OCC(=O)OCC(=O)Nc2sc3c(c2C#N)CCCC3)cc1. The number of amides is 1. The summed E-state index contributed by atoms with van der Waals surface area (Å²) in [7, 11) is 0. The number of nitriles is 1. The first-order valence-corrected chi connectivity index (χ1v) is 10.5. The Morgan fingerprint density at radius 2 is 1.90 bits per heavy atom. The average Bonchev–Trinajstić information content (AvgIpc) is 3.07. The van der Waals surface area contributed by atoms with Crippen molar-refractivity contribution in [3.63, 3.8) is 0 Å². The molecule has 1 amide bonds. The quantitative estimate of drug-likeness (QED) is 0.689. The third kappa shape index (κ3) is 5.36. The van der Waals surface area contributed by atoms with Gasteiger partial charge in [-0.2, -0.15) is 5.26 Å². The van der Waals surface area contributed by atoms with Crippen molar-refractivity contribution < 1.29 is 19.1 Å². The van der Waals surface area contributed by atoms with Gasteiger partial charge in [0.2, 0.25) is 0 Å². The summed E-state index contributed by atoms with van der Waals surface area (Å²) in [6, 6.07) is 9.70. The van der Waals surface area contributed by atoms with Crippen molar-refractivity contribution in [1.29, 1.82) is 5.26 Å². The summed E-state index contributed by atoms with van der Waals surface area (Å²) >= 11 is 1.44. The van der Waals surface area contributed by atoms with Crippen LogP contribution in [0, 0.1) is 11.3 Å². The maximum Gasteiger partial charge on any atom is 0.344 e. The summed E-state index contributed by atoms with van der Waals surface area (Å²) in [5.74, 6) is -0.101. The number of carbonyl (C=O) groups is 2. The maximum atomic E-state index is 12.1. The van der Waals surface area contributed by atoms with Crippen molar-refractivity contribution in [3.8, 4) is 11.8 Å². The van der Waals surface area contributed by atoms with Crippen LogP contribution in [0.2, 0.25) is 0 Å². The number of carbonyl (C=O) groups excluding carboxylic acids is 2. The summed E-state index contributed by atoms with van der Waals surface area (Å²) < 4.78 is 10.4. The minimum atomic E-state index is -0.626. The number of fused-ring (bicyclic) bond motifs is 1. The molecule has 1 N–H and O–H groups in total. The van der Waals surface area contributed by atoms with Crippen molar-refractivity contribution >= 4 is 28.2 Å². The molecule has 0 bridgehead atoms. The Morgan fingerprint density at radius 3 is 2.59 bits per heavy atom. The molecule has 0 radical (unpaired) electrons. The van der Waals surface area contributed by atoms with Crippen LogP contribution in [0.15, 0.2) is 24.3 Å². The first-order chi connectivity index (χ1) is 14.0. The number of anilines is 1. The zero-order valence-electron chi connectivity index (χ0n) is 16.6. The molecular weight excluding hydrogens is 388 g/mol. The number of benzene rings is 1. The predicted molar refractivity (Wildman–Crippen MR) is 111 cm³/mol. The van der Waals surface area contributed by atoms with Gasteiger partial charge in [0.15, 0.2) is 13.2 Å². The molecule has 0 unspecified atom stereocenters. The molecular formula is C22H24N2O4S. The Balaban J connectivity index is 1.46. The zero-order chi connectivity index (χ0) is 20.8. The van der Waals surface area contributed by atoms with Crippen LogP contribution in [-0.4, -0.2) is 25.1 Å². The number of ether oxygens (including phenoxy) is 2. The highest BCUT2D eigenvalue weighted by molar-refractivity contribution is 7.16. The third-order valence-electron chi connectivity index (χ3n) is 4.80. The van der Waals surface area contributed by atoms with Gasteiger partial charge in [0.05, 0.1) is 5.56 Å². The molecule has 1 aromatic heterocycles. The van der Waals surface area contributed by atoms with Gasteiger partial charge >= 0.3 is 5.97 Å². The van der Waals surface area contributed by atoms with Gasteiger partial charge in [0.1, 0.15) is 16.8 Å². The number of esters is 1. The van der Waals surface area contributed by atoms with Crippen LogP contribution in [0.1, 0.15) is 54.2 Å². The second-order valence-electron chi connectivity index (χ2n) is 7.25. The summed E-state index contributed by atoms with van der Waals surface area (Å²) in [5.41, 5.74) is 2.77. The Hall–Kier alpha value is -2.85.